The summed E-state index contributed by atoms with van der Waals surface area (Å²) >= 11 is 0. The number of anilines is 2. The molecule has 0 unspecified atom stereocenters. The van der Waals surface area contributed by atoms with Gasteiger partial charge in [-0.05, 0) is 36.4 Å². The Bertz CT molecular complexity index is 1020. The highest BCUT2D eigenvalue weighted by Gasteiger charge is 2.16. The molecule has 1 N–H and O–H groups in total. The SMILES string of the molecule is CCN1CCN(c2ccc(NC(=O)Cc3ccc(-c4ccnc(F)c4)nc3)nc2)CC1. The van der Waals surface area contributed by atoms with E-state index in [0.717, 1.165) is 44.0 Å². The number of hydrogen-bond donors (Lipinski definition) is 1. The Kier molecular flexibility index (Phi) is 6.47. The fraction of sp³-hybridized carbons (Fsp3) is 0.304. The van der Waals surface area contributed by atoms with E-state index in [1.807, 2.05) is 18.2 Å². The number of carbonyl (C=O) groups excluding carboxylic acids is 1. The average molecular weight is 420 g/mol. The molecule has 0 saturated carbocycles. The van der Waals surface area contributed by atoms with E-state index >= 15 is 0 Å². The molecule has 7 nitrogen and oxygen atoms in total. The molecule has 1 amide bonds. The zero-order valence-corrected chi connectivity index (χ0v) is 17.5. The maximum absolute atomic E-state index is 13.3. The predicted octanol–water partition coefficient (Wildman–Crippen LogP) is 3.00. The third-order valence-electron chi connectivity index (χ3n) is 5.41. The molecule has 0 bridgehead atoms. The molecule has 0 atom stereocenters. The van der Waals surface area contributed by atoms with Crippen LogP contribution in [0.15, 0.2) is 55.0 Å². The second-order valence-corrected chi connectivity index (χ2v) is 7.47. The van der Waals surface area contributed by atoms with E-state index in [-0.39, 0.29) is 12.3 Å². The normalized spacial score (nSPS) is 14.5. The molecule has 1 saturated heterocycles. The lowest BCUT2D eigenvalue weighted by Crippen LogP contribution is -2.46. The zero-order valence-electron chi connectivity index (χ0n) is 17.5. The molecule has 1 fully saturated rings. The van der Waals surface area contributed by atoms with Crippen LogP contribution in [0.1, 0.15) is 12.5 Å². The molecule has 1 aliphatic heterocycles. The summed E-state index contributed by atoms with van der Waals surface area (Å²) in [5.41, 5.74) is 3.11. The first-order valence-electron chi connectivity index (χ1n) is 10.4. The van der Waals surface area contributed by atoms with Crippen molar-refractivity contribution in [1.82, 2.24) is 19.9 Å². The lowest BCUT2D eigenvalue weighted by molar-refractivity contribution is -0.115. The van der Waals surface area contributed by atoms with Crippen LogP contribution in [0.25, 0.3) is 11.3 Å². The fourth-order valence-corrected chi connectivity index (χ4v) is 3.60. The highest BCUT2D eigenvalue weighted by atomic mass is 19.1. The molecule has 1 aliphatic rings. The third-order valence-corrected chi connectivity index (χ3v) is 5.41. The molecule has 8 heteroatoms. The molecule has 3 aromatic heterocycles. The molecule has 31 heavy (non-hydrogen) atoms. The Labute approximate surface area is 181 Å². The Morgan fingerprint density at radius 2 is 1.87 bits per heavy atom. The first kappa shape index (κ1) is 20.9. The Hall–Kier alpha value is -3.39. The van der Waals surface area contributed by atoms with Crippen LogP contribution in [-0.2, 0) is 11.2 Å². The van der Waals surface area contributed by atoms with Crippen molar-refractivity contribution < 1.29 is 9.18 Å². The van der Waals surface area contributed by atoms with Gasteiger partial charge in [-0.25, -0.2) is 9.97 Å². The van der Waals surface area contributed by atoms with Crippen molar-refractivity contribution in [2.75, 3.05) is 42.9 Å². The van der Waals surface area contributed by atoms with E-state index in [1.54, 1.807) is 24.5 Å². The van der Waals surface area contributed by atoms with E-state index in [1.165, 1.54) is 12.3 Å². The van der Waals surface area contributed by atoms with Gasteiger partial charge >= 0.3 is 0 Å². The number of hydrogen-bond acceptors (Lipinski definition) is 6. The van der Waals surface area contributed by atoms with Crippen LogP contribution >= 0.6 is 0 Å². The lowest BCUT2D eigenvalue weighted by Gasteiger charge is -2.35. The summed E-state index contributed by atoms with van der Waals surface area (Å²) in [6.45, 7) is 7.33. The number of piperazine rings is 1. The summed E-state index contributed by atoms with van der Waals surface area (Å²) in [5.74, 6) is -0.191. The monoisotopic (exact) mass is 420 g/mol. The van der Waals surface area contributed by atoms with Gasteiger partial charge in [0, 0.05) is 50.2 Å². The summed E-state index contributed by atoms with van der Waals surface area (Å²) in [4.78, 5) is 29.4. The maximum Gasteiger partial charge on any atom is 0.230 e. The summed E-state index contributed by atoms with van der Waals surface area (Å²) in [6.07, 6.45) is 5.01. The second kappa shape index (κ2) is 9.61. The van der Waals surface area contributed by atoms with E-state index in [0.29, 0.717) is 17.1 Å². The van der Waals surface area contributed by atoms with Crippen LogP contribution in [0.2, 0.25) is 0 Å². The van der Waals surface area contributed by atoms with Gasteiger partial charge in [-0.1, -0.05) is 13.0 Å². The van der Waals surface area contributed by atoms with E-state index in [4.69, 9.17) is 0 Å². The number of rotatable bonds is 6. The molecular weight excluding hydrogens is 395 g/mol. The number of pyridine rings is 3. The molecule has 0 aromatic carbocycles. The average Bonchev–Trinajstić information content (AvgIpc) is 2.80. The maximum atomic E-state index is 13.3. The van der Waals surface area contributed by atoms with Crippen LogP contribution in [0.3, 0.4) is 0 Å². The molecule has 0 spiro atoms. The minimum Gasteiger partial charge on any atom is -0.368 e. The van der Waals surface area contributed by atoms with Crippen LogP contribution in [0.4, 0.5) is 15.9 Å². The standard InChI is InChI=1S/C23H25FN6O/c1-2-29-9-11-30(12-10-29)19-4-6-22(27-16-19)28-23(31)13-17-3-5-20(26-15-17)18-7-8-25-21(24)14-18/h3-8,14-16H,2,9-13H2,1H3,(H,27,28,31). The molecular formula is C23H25FN6O. The third kappa shape index (κ3) is 5.40. The van der Waals surface area contributed by atoms with Gasteiger partial charge in [-0.3, -0.25) is 9.78 Å². The lowest BCUT2D eigenvalue weighted by atomic mass is 10.1. The van der Waals surface area contributed by atoms with Crippen molar-refractivity contribution in [3.05, 3.63) is 66.5 Å². The Morgan fingerprint density at radius 3 is 2.52 bits per heavy atom. The molecule has 4 heterocycles. The highest BCUT2D eigenvalue weighted by Crippen LogP contribution is 2.19. The van der Waals surface area contributed by atoms with Gasteiger partial charge in [-0.15, -0.1) is 0 Å². The van der Waals surface area contributed by atoms with Crippen molar-refractivity contribution in [3.8, 4) is 11.3 Å². The quantitative estimate of drug-likeness (QED) is 0.618. The van der Waals surface area contributed by atoms with E-state index in [9.17, 15) is 9.18 Å². The van der Waals surface area contributed by atoms with Gasteiger partial charge in [0.1, 0.15) is 5.82 Å². The number of nitrogens with one attached hydrogen (secondary N) is 1. The smallest absolute Gasteiger partial charge is 0.230 e. The summed E-state index contributed by atoms with van der Waals surface area (Å²) in [7, 11) is 0. The summed E-state index contributed by atoms with van der Waals surface area (Å²) in [5, 5.41) is 2.83. The fourth-order valence-electron chi connectivity index (χ4n) is 3.60. The van der Waals surface area contributed by atoms with Gasteiger partial charge in [0.05, 0.1) is 24.0 Å². The number of halogens is 1. The second-order valence-electron chi connectivity index (χ2n) is 7.47. The number of aromatic nitrogens is 3. The molecule has 3 aromatic rings. The van der Waals surface area contributed by atoms with Crippen molar-refractivity contribution in [1.29, 1.82) is 0 Å². The number of nitrogens with zero attached hydrogens (tertiary/aromatic N) is 5. The molecule has 0 aliphatic carbocycles. The topological polar surface area (TPSA) is 74.2 Å². The van der Waals surface area contributed by atoms with Gasteiger partial charge < -0.3 is 15.1 Å². The first-order valence-corrected chi connectivity index (χ1v) is 10.4. The minimum atomic E-state index is -0.551. The number of carbonyl (C=O) groups is 1. The molecule has 160 valence electrons. The van der Waals surface area contributed by atoms with Gasteiger partial charge in [0.2, 0.25) is 11.9 Å². The van der Waals surface area contributed by atoms with Crippen molar-refractivity contribution in [2.24, 2.45) is 0 Å². The zero-order chi connectivity index (χ0) is 21.6. The predicted molar refractivity (Wildman–Crippen MR) is 118 cm³/mol. The summed E-state index contributed by atoms with van der Waals surface area (Å²) < 4.78 is 13.3. The van der Waals surface area contributed by atoms with E-state index in [2.05, 4.69) is 37.0 Å². The van der Waals surface area contributed by atoms with Crippen LogP contribution < -0.4 is 10.2 Å². The largest absolute Gasteiger partial charge is 0.368 e. The van der Waals surface area contributed by atoms with Crippen molar-refractivity contribution in [3.63, 3.8) is 0 Å². The van der Waals surface area contributed by atoms with E-state index < -0.39 is 5.95 Å². The Balaban J connectivity index is 1.31. The van der Waals surface area contributed by atoms with Gasteiger partial charge in [0.25, 0.3) is 0 Å². The first-order chi connectivity index (χ1) is 15.1. The van der Waals surface area contributed by atoms with Crippen molar-refractivity contribution in [2.45, 2.75) is 13.3 Å². The van der Waals surface area contributed by atoms with Gasteiger partial charge in [-0.2, -0.15) is 4.39 Å². The highest BCUT2D eigenvalue weighted by molar-refractivity contribution is 5.91. The molecule has 4 rings (SSSR count). The number of amides is 1. The van der Waals surface area contributed by atoms with Gasteiger partial charge in [0.15, 0.2) is 0 Å². The number of likely N-dealkylation sites (N-methyl/N-ethyl adjacent to an activating group) is 1. The molecule has 0 radical (unpaired) electrons. The van der Waals surface area contributed by atoms with Crippen LogP contribution in [0, 0.1) is 5.95 Å². The Morgan fingerprint density at radius 1 is 1.03 bits per heavy atom. The minimum absolute atomic E-state index is 0.165. The van der Waals surface area contributed by atoms with Crippen LogP contribution in [0.5, 0.6) is 0 Å². The summed E-state index contributed by atoms with van der Waals surface area (Å²) in [6, 6.07) is 10.4. The van der Waals surface area contributed by atoms with Crippen molar-refractivity contribution >= 4 is 17.4 Å². The van der Waals surface area contributed by atoms with Crippen LogP contribution in [-0.4, -0.2) is 58.5 Å².